The van der Waals surface area contributed by atoms with Gasteiger partial charge in [-0.25, -0.2) is 9.97 Å². The van der Waals surface area contributed by atoms with Crippen LogP contribution in [0.3, 0.4) is 0 Å². The first kappa shape index (κ1) is 18.0. The van der Waals surface area contributed by atoms with Crippen molar-refractivity contribution < 1.29 is 0 Å². The van der Waals surface area contributed by atoms with E-state index in [2.05, 4.69) is 46.2 Å². The maximum atomic E-state index is 6.43. The van der Waals surface area contributed by atoms with Gasteiger partial charge in [-0.05, 0) is 36.4 Å². The van der Waals surface area contributed by atoms with Crippen molar-refractivity contribution in [1.82, 2.24) is 9.97 Å². The van der Waals surface area contributed by atoms with E-state index in [1.807, 2.05) is 42.5 Å². The number of anilines is 2. The summed E-state index contributed by atoms with van der Waals surface area (Å²) in [7, 11) is 0. The molecule has 0 aliphatic carbocycles. The second-order valence-electron chi connectivity index (χ2n) is 7.18. The molecule has 0 atom stereocenters. The smallest absolute Gasteiger partial charge is 0.163 e. The molecular weight excluding hydrogens is 380 g/mol. The van der Waals surface area contributed by atoms with Crippen LogP contribution in [0.4, 0.5) is 11.5 Å². The van der Waals surface area contributed by atoms with Gasteiger partial charge in [0.15, 0.2) is 5.82 Å². The fourth-order valence-electron chi connectivity index (χ4n) is 3.88. The van der Waals surface area contributed by atoms with E-state index >= 15 is 0 Å². The number of rotatable bonds is 3. The van der Waals surface area contributed by atoms with Crippen LogP contribution < -0.4 is 9.80 Å². The highest BCUT2D eigenvalue weighted by molar-refractivity contribution is 6.33. The Morgan fingerprint density at radius 1 is 0.655 bits per heavy atom. The minimum atomic E-state index is 0.669. The van der Waals surface area contributed by atoms with Crippen LogP contribution in [0.5, 0.6) is 0 Å². The van der Waals surface area contributed by atoms with Crippen molar-refractivity contribution in [2.75, 3.05) is 36.0 Å². The molecule has 0 saturated carbocycles. The van der Waals surface area contributed by atoms with Crippen molar-refractivity contribution in [3.63, 3.8) is 0 Å². The lowest BCUT2D eigenvalue weighted by molar-refractivity contribution is 0.649. The van der Waals surface area contributed by atoms with Crippen LogP contribution in [0.2, 0.25) is 5.02 Å². The lowest BCUT2D eigenvalue weighted by Gasteiger charge is -2.37. The zero-order valence-electron chi connectivity index (χ0n) is 16.0. The molecule has 0 amide bonds. The van der Waals surface area contributed by atoms with E-state index in [0.29, 0.717) is 10.8 Å². The van der Waals surface area contributed by atoms with E-state index < -0.39 is 0 Å². The lowest BCUT2D eigenvalue weighted by Crippen LogP contribution is -2.47. The van der Waals surface area contributed by atoms with Crippen LogP contribution in [0.15, 0.2) is 78.9 Å². The molecule has 4 aromatic rings. The maximum absolute atomic E-state index is 6.43. The summed E-state index contributed by atoms with van der Waals surface area (Å²) >= 11 is 6.43. The minimum absolute atomic E-state index is 0.669. The van der Waals surface area contributed by atoms with Crippen molar-refractivity contribution in [2.45, 2.75) is 0 Å². The predicted octanol–water partition coefficient (Wildman–Crippen LogP) is 5.28. The van der Waals surface area contributed by atoms with Gasteiger partial charge in [0.2, 0.25) is 0 Å². The zero-order valence-corrected chi connectivity index (χ0v) is 16.8. The first-order valence-electron chi connectivity index (χ1n) is 9.86. The summed E-state index contributed by atoms with van der Waals surface area (Å²) in [5.74, 6) is 1.66. The fraction of sp³-hybridized carbons (Fsp3) is 0.167. The molecule has 1 fully saturated rings. The summed E-state index contributed by atoms with van der Waals surface area (Å²) in [5, 5.41) is 1.75. The molecule has 0 bridgehead atoms. The molecule has 29 heavy (non-hydrogen) atoms. The van der Waals surface area contributed by atoms with E-state index in [1.54, 1.807) is 0 Å². The number of piperazine rings is 1. The molecule has 1 aromatic heterocycles. The van der Waals surface area contributed by atoms with Gasteiger partial charge in [0.25, 0.3) is 0 Å². The van der Waals surface area contributed by atoms with Crippen molar-refractivity contribution in [1.29, 1.82) is 0 Å². The van der Waals surface area contributed by atoms with E-state index in [4.69, 9.17) is 21.6 Å². The van der Waals surface area contributed by atoms with Crippen molar-refractivity contribution >= 4 is 34.0 Å². The number of hydrogen-bond donors (Lipinski definition) is 0. The van der Waals surface area contributed by atoms with Crippen LogP contribution in [0.1, 0.15) is 0 Å². The molecule has 3 aromatic carbocycles. The lowest BCUT2D eigenvalue weighted by atomic mass is 10.1. The van der Waals surface area contributed by atoms with Gasteiger partial charge in [-0.15, -0.1) is 0 Å². The van der Waals surface area contributed by atoms with Gasteiger partial charge < -0.3 is 9.80 Å². The Morgan fingerprint density at radius 2 is 1.31 bits per heavy atom. The Morgan fingerprint density at radius 3 is 2.10 bits per heavy atom. The third-order valence-corrected chi connectivity index (χ3v) is 5.73. The summed E-state index contributed by atoms with van der Waals surface area (Å²) in [6.45, 7) is 3.75. The molecule has 0 radical (unpaired) electrons. The number of halogens is 1. The van der Waals surface area contributed by atoms with Gasteiger partial charge in [0, 0.05) is 42.8 Å². The van der Waals surface area contributed by atoms with Gasteiger partial charge in [-0.2, -0.15) is 0 Å². The molecule has 4 nitrogen and oxygen atoms in total. The number of benzene rings is 3. The van der Waals surface area contributed by atoms with Gasteiger partial charge >= 0.3 is 0 Å². The summed E-state index contributed by atoms with van der Waals surface area (Å²) < 4.78 is 0. The van der Waals surface area contributed by atoms with Crippen molar-refractivity contribution in [3.8, 4) is 11.4 Å². The number of nitrogens with zero attached hydrogens (tertiary/aromatic N) is 4. The quantitative estimate of drug-likeness (QED) is 0.468. The zero-order chi connectivity index (χ0) is 19.6. The molecule has 2 heterocycles. The third-order valence-electron chi connectivity index (χ3n) is 5.40. The predicted molar refractivity (Wildman–Crippen MR) is 121 cm³/mol. The van der Waals surface area contributed by atoms with E-state index in [0.717, 1.165) is 48.5 Å². The standard InChI is InChI=1S/C24H21ClN4/c25-21-12-6-4-10-19(21)23-26-22-13-7-5-11-20(22)24(27-23)29-16-14-28(15-17-29)18-8-2-1-3-9-18/h1-13H,14-17H2. The van der Waals surface area contributed by atoms with E-state index in [1.165, 1.54) is 5.69 Å². The van der Waals surface area contributed by atoms with E-state index in [-0.39, 0.29) is 0 Å². The second kappa shape index (κ2) is 7.72. The van der Waals surface area contributed by atoms with Gasteiger partial charge in [-0.1, -0.05) is 54.1 Å². The van der Waals surface area contributed by atoms with Crippen LogP contribution in [0.25, 0.3) is 22.3 Å². The first-order chi connectivity index (χ1) is 14.3. The largest absolute Gasteiger partial charge is 0.368 e. The Kier molecular flexibility index (Phi) is 4.78. The summed E-state index contributed by atoms with van der Waals surface area (Å²) in [5.41, 5.74) is 3.08. The molecule has 5 rings (SSSR count). The maximum Gasteiger partial charge on any atom is 0.163 e. The molecule has 1 saturated heterocycles. The second-order valence-corrected chi connectivity index (χ2v) is 7.58. The molecule has 0 N–H and O–H groups in total. The Hall–Kier alpha value is -3.11. The Labute approximate surface area is 175 Å². The average molecular weight is 401 g/mol. The summed E-state index contributed by atoms with van der Waals surface area (Å²) in [6.07, 6.45) is 0. The summed E-state index contributed by atoms with van der Waals surface area (Å²) in [6, 6.07) is 26.6. The minimum Gasteiger partial charge on any atom is -0.368 e. The Bertz CT molecular complexity index is 1140. The monoisotopic (exact) mass is 400 g/mol. The van der Waals surface area contributed by atoms with Crippen LogP contribution in [0, 0.1) is 0 Å². The summed E-state index contributed by atoms with van der Waals surface area (Å²) in [4.78, 5) is 14.5. The topological polar surface area (TPSA) is 32.3 Å². The van der Waals surface area contributed by atoms with Crippen LogP contribution in [-0.2, 0) is 0 Å². The SMILES string of the molecule is Clc1ccccc1-c1nc(N2CCN(c3ccccc3)CC2)c2ccccc2n1. The van der Waals surface area contributed by atoms with Gasteiger partial charge in [-0.3, -0.25) is 0 Å². The molecule has 1 aliphatic rings. The highest BCUT2D eigenvalue weighted by atomic mass is 35.5. The molecular formula is C24H21ClN4. The van der Waals surface area contributed by atoms with Crippen LogP contribution in [-0.4, -0.2) is 36.1 Å². The first-order valence-corrected chi connectivity index (χ1v) is 10.2. The normalized spacial score (nSPS) is 14.4. The van der Waals surface area contributed by atoms with Crippen molar-refractivity contribution in [3.05, 3.63) is 83.9 Å². The molecule has 1 aliphatic heterocycles. The number of para-hydroxylation sites is 2. The molecule has 144 valence electrons. The number of hydrogen-bond acceptors (Lipinski definition) is 4. The third kappa shape index (κ3) is 3.52. The Balaban J connectivity index is 1.51. The number of aromatic nitrogens is 2. The molecule has 0 spiro atoms. The van der Waals surface area contributed by atoms with E-state index in [9.17, 15) is 0 Å². The average Bonchev–Trinajstić information content (AvgIpc) is 2.79. The van der Waals surface area contributed by atoms with Gasteiger partial charge in [0.05, 0.1) is 10.5 Å². The molecule has 0 unspecified atom stereocenters. The molecule has 5 heteroatoms. The number of fused-ring (bicyclic) bond motifs is 1. The highest BCUT2D eigenvalue weighted by Crippen LogP contribution is 2.31. The highest BCUT2D eigenvalue weighted by Gasteiger charge is 2.21. The van der Waals surface area contributed by atoms with Crippen molar-refractivity contribution in [2.24, 2.45) is 0 Å². The van der Waals surface area contributed by atoms with Gasteiger partial charge in [0.1, 0.15) is 5.82 Å². The fourth-order valence-corrected chi connectivity index (χ4v) is 4.10. The van der Waals surface area contributed by atoms with Crippen LogP contribution >= 0.6 is 11.6 Å².